The van der Waals surface area contributed by atoms with Gasteiger partial charge in [0.15, 0.2) is 0 Å². The van der Waals surface area contributed by atoms with Crippen molar-refractivity contribution in [3.63, 3.8) is 0 Å². The van der Waals surface area contributed by atoms with Crippen LogP contribution in [0.25, 0.3) is 0 Å². The lowest BCUT2D eigenvalue weighted by molar-refractivity contribution is 0.0762. The lowest BCUT2D eigenvalue weighted by Gasteiger charge is -2.20. The van der Waals surface area contributed by atoms with E-state index in [0.717, 1.165) is 19.4 Å². The Labute approximate surface area is 101 Å². The van der Waals surface area contributed by atoms with Gasteiger partial charge in [-0.25, -0.2) is 4.39 Å². The zero-order valence-corrected chi connectivity index (χ0v) is 10.4. The Bertz CT molecular complexity index is 393. The van der Waals surface area contributed by atoms with Crippen LogP contribution in [0.1, 0.15) is 37.0 Å². The number of carbonyl (C=O) groups excluding carboxylic acids is 1. The van der Waals surface area contributed by atoms with Crippen molar-refractivity contribution in [2.24, 2.45) is 0 Å². The zero-order valence-electron chi connectivity index (χ0n) is 10.4. The molecule has 17 heavy (non-hydrogen) atoms. The molecule has 0 unspecified atom stereocenters. The van der Waals surface area contributed by atoms with Gasteiger partial charge in [-0.05, 0) is 31.5 Å². The highest BCUT2D eigenvalue weighted by molar-refractivity contribution is 5.95. The Hall–Kier alpha value is -1.58. The van der Waals surface area contributed by atoms with Crippen LogP contribution in [0.15, 0.2) is 18.2 Å². The number of amides is 1. The largest absolute Gasteiger partial charge is 0.396 e. The lowest BCUT2D eigenvalue weighted by atomic mass is 10.1. The van der Waals surface area contributed by atoms with Crippen LogP contribution in [0.4, 0.5) is 10.1 Å². The van der Waals surface area contributed by atoms with Crippen molar-refractivity contribution in [1.29, 1.82) is 0 Å². The van der Waals surface area contributed by atoms with Gasteiger partial charge in [0.25, 0.3) is 5.91 Å². The molecular weight excluding hydrogens is 219 g/mol. The minimum atomic E-state index is -0.488. The summed E-state index contributed by atoms with van der Waals surface area (Å²) in [7, 11) is 0. The minimum absolute atomic E-state index is 0.0161. The van der Waals surface area contributed by atoms with E-state index in [-0.39, 0.29) is 11.6 Å². The fourth-order valence-electron chi connectivity index (χ4n) is 1.61. The van der Waals surface area contributed by atoms with E-state index in [1.54, 1.807) is 4.90 Å². The first-order chi connectivity index (χ1) is 8.10. The molecule has 0 radical (unpaired) electrons. The smallest absolute Gasteiger partial charge is 0.253 e. The average Bonchev–Trinajstić information content (AvgIpc) is 2.33. The SMILES string of the molecule is CCCCN(CC)C(=O)c1ccc(F)c(N)c1. The maximum atomic E-state index is 13.0. The molecule has 1 amide bonds. The van der Waals surface area contributed by atoms with Gasteiger partial charge in [-0.15, -0.1) is 0 Å². The molecule has 0 atom stereocenters. The third-order valence-electron chi connectivity index (χ3n) is 2.69. The van der Waals surface area contributed by atoms with E-state index >= 15 is 0 Å². The molecule has 94 valence electrons. The van der Waals surface area contributed by atoms with Crippen molar-refractivity contribution in [3.05, 3.63) is 29.6 Å². The van der Waals surface area contributed by atoms with E-state index in [9.17, 15) is 9.18 Å². The third-order valence-corrected chi connectivity index (χ3v) is 2.69. The molecule has 0 fully saturated rings. The van der Waals surface area contributed by atoms with Gasteiger partial charge >= 0.3 is 0 Å². The second kappa shape index (κ2) is 6.23. The first kappa shape index (κ1) is 13.5. The van der Waals surface area contributed by atoms with Crippen molar-refractivity contribution < 1.29 is 9.18 Å². The number of anilines is 1. The van der Waals surface area contributed by atoms with E-state index in [1.807, 2.05) is 6.92 Å². The molecule has 1 aromatic carbocycles. The normalized spacial score (nSPS) is 10.3. The van der Waals surface area contributed by atoms with Crippen LogP contribution in [0.2, 0.25) is 0 Å². The summed E-state index contributed by atoms with van der Waals surface area (Å²) in [6.07, 6.45) is 2.01. The highest BCUT2D eigenvalue weighted by atomic mass is 19.1. The third kappa shape index (κ3) is 3.44. The number of unbranched alkanes of at least 4 members (excludes halogenated alkanes) is 1. The van der Waals surface area contributed by atoms with Gasteiger partial charge < -0.3 is 10.6 Å². The molecule has 0 aliphatic rings. The molecule has 0 saturated carbocycles. The molecule has 0 heterocycles. The van der Waals surface area contributed by atoms with Crippen LogP contribution >= 0.6 is 0 Å². The fraction of sp³-hybridized carbons (Fsp3) is 0.462. The minimum Gasteiger partial charge on any atom is -0.396 e. The highest BCUT2D eigenvalue weighted by Crippen LogP contribution is 2.14. The average molecular weight is 238 g/mol. The summed E-state index contributed by atoms with van der Waals surface area (Å²) < 4.78 is 13.0. The monoisotopic (exact) mass is 238 g/mol. The molecule has 2 N–H and O–H groups in total. The molecule has 0 aliphatic heterocycles. The molecule has 0 aromatic heterocycles. The maximum absolute atomic E-state index is 13.0. The highest BCUT2D eigenvalue weighted by Gasteiger charge is 2.14. The Kier molecular flexibility index (Phi) is 4.94. The Morgan fingerprint density at radius 1 is 1.41 bits per heavy atom. The van der Waals surface area contributed by atoms with Crippen molar-refractivity contribution in [2.75, 3.05) is 18.8 Å². The Morgan fingerprint density at radius 2 is 2.12 bits per heavy atom. The number of hydrogen-bond donors (Lipinski definition) is 1. The molecule has 1 rings (SSSR count). The fourth-order valence-corrected chi connectivity index (χ4v) is 1.61. The first-order valence-electron chi connectivity index (χ1n) is 5.94. The van der Waals surface area contributed by atoms with Gasteiger partial charge in [0, 0.05) is 18.7 Å². The first-order valence-corrected chi connectivity index (χ1v) is 5.94. The van der Waals surface area contributed by atoms with Gasteiger partial charge in [0.05, 0.1) is 5.69 Å². The second-order valence-corrected chi connectivity index (χ2v) is 3.97. The van der Waals surface area contributed by atoms with Gasteiger partial charge in [0.2, 0.25) is 0 Å². The van der Waals surface area contributed by atoms with Crippen LogP contribution in [0.5, 0.6) is 0 Å². The maximum Gasteiger partial charge on any atom is 0.253 e. The van der Waals surface area contributed by atoms with E-state index in [4.69, 9.17) is 5.73 Å². The molecular formula is C13H19FN2O. The van der Waals surface area contributed by atoms with Gasteiger partial charge in [-0.3, -0.25) is 4.79 Å². The topological polar surface area (TPSA) is 46.3 Å². The Balaban J connectivity index is 2.82. The Morgan fingerprint density at radius 3 is 2.65 bits per heavy atom. The number of nitrogens with two attached hydrogens (primary N) is 1. The molecule has 0 aliphatic carbocycles. The summed E-state index contributed by atoms with van der Waals surface area (Å²) >= 11 is 0. The van der Waals surface area contributed by atoms with Crippen LogP contribution in [-0.4, -0.2) is 23.9 Å². The summed E-state index contributed by atoms with van der Waals surface area (Å²) in [4.78, 5) is 13.8. The molecule has 4 heteroatoms. The predicted octanol–water partition coefficient (Wildman–Crippen LogP) is 2.67. The predicted molar refractivity (Wildman–Crippen MR) is 67.3 cm³/mol. The number of benzene rings is 1. The molecule has 0 saturated heterocycles. The number of nitrogen functional groups attached to an aromatic ring is 1. The molecule has 1 aromatic rings. The van der Waals surface area contributed by atoms with Crippen molar-refractivity contribution >= 4 is 11.6 Å². The molecule has 0 spiro atoms. The van der Waals surface area contributed by atoms with Crippen molar-refractivity contribution in [3.8, 4) is 0 Å². The van der Waals surface area contributed by atoms with Crippen LogP contribution in [-0.2, 0) is 0 Å². The van der Waals surface area contributed by atoms with Crippen LogP contribution < -0.4 is 5.73 Å². The lowest BCUT2D eigenvalue weighted by Crippen LogP contribution is -2.31. The van der Waals surface area contributed by atoms with Gasteiger partial charge in [0.1, 0.15) is 5.82 Å². The molecule has 3 nitrogen and oxygen atoms in total. The summed E-state index contributed by atoms with van der Waals surface area (Å²) in [5.74, 6) is -0.578. The van der Waals surface area contributed by atoms with E-state index in [2.05, 4.69) is 6.92 Å². The summed E-state index contributed by atoms with van der Waals surface area (Å²) in [5.41, 5.74) is 5.92. The molecule has 0 bridgehead atoms. The van der Waals surface area contributed by atoms with Gasteiger partial charge in [-0.2, -0.15) is 0 Å². The van der Waals surface area contributed by atoms with Crippen LogP contribution in [0.3, 0.4) is 0 Å². The van der Waals surface area contributed by atoms with E-state index < -0.39 is 5.82 Å². The van der Waals surface area contributed by atoms with Gasteiger partial charge in [-0.1, -0.05) is 13.3 Å². The van der Waals surface area contributed by atoms with Crippen molar-refractivity contribution in [2.45, 2.75) is 26.7 Å². The summed E-state index contributed by atoms with van der Waals surface area (Å²) in [6, 6.07) is 4.10. The number of nitrogens with zero attached hydrogens (tertiary/aromatic N) is 1. The number of rotatable bonds is 5. The second-order valence-electron chi connectivity index (χ2n) is 3.97. The van der Waals surface area contributed by atoms with E-state index in [1.165, 1.54) is 18.2 Å². The number of hydrogen-bond acceptors (Lipinski definition) is 2. The summed E-state index contributed by atoms with van der Waals surface area (Å²) in [6.45, 7) is 5.38. The van der Waals surface area contributed by atoms with E-state index in [0.29, 0.717) is 12.1 Å². The standard InChI is InChI=1S/C13H19FN2O/c1-3-5-8-16(4-2)13(17)10-6-7-11(14)12(15)9-10/h6-7,9H,3-5,8,15H2,1-2H3. The van der Waals surface area contributed by atoms with Crippen LogP contribution in [0, 0.1) is 5.82 Å². The summed E-state index contributed by atoms with van der Waals surface area (Å²) in [5, 5.41) is 0. The zero-order chi connectivity index (χ0) is 12.8. The number of carbonyl (C=O) groups is 1. The van der Waals surface area contributed by atoms with Crippen molar-refractivity contribution in [1.82, 2.24) is 4.90 Å². The quantitative estimate of drug-likeness (QED) is 0.802. The number of halogens is 1.